The minimum absolute atomic E-state index is 0.226. The first-order chi connectivity index (χ1) is 7.74. The number of rotatable bonds is 1. The van der Waals surface area contributed by atoms with Crippen molar-refractivity contribution in [3.05, 3.63) is 24.0 Å². The minimum atomic E-state index is -1.56. The number of nitriles is 1. The lowest BCUT2D eigenvalue weighted by molar-refractivity contribution is 0.198. The molecule has 1 aliphatic heterocycles. The predicted octanol–water partition coefficient (Wildman–Crippen LogP) is -0.570. The lowest BCUT2D eigenvalue weighted by Crippen LogP contribution is -2.30. The predicted molar refractivity (Wildman–Crippen MR) is 58.8 cm³/mol. The molecule has 0 aliphatic carbocycles. The van der Waals surface area contributed by atoms with Crippen LogP contribution in [-0.2, 0) is 4.74 Å². The van der Waals surface area contributed by atoms with E-state index in [-0.39, 0.29) is 5.46 Å². The topological polar surface area (TPSA) is 86.4 Å². The maximum absolute atomic E-state index is 8.65. The van der Waals surface area contributed by atoms with Crippen LogP contribution in [0.15, 0.2) is 18.5 Å². The zero-order valence-corrected chi connectivity index (χ0v) is 8.83. The Morgan fingerprint density at radius 3 is 2.44 bits per heavy atom. The quantitative estimate of drug-likeness (QED) is 0.619. The summed E-state index contributed by atoms with van der Waals surface area (Å²) in [6.45, 7) is 2.00. The van der Waals surface area contributed by atoms with Crippen molar-refractivity contribution in [2.75, 3.05) is 13.2 Å². The van der Waals surface area contributed by atoms with Crippen molar-refractivity contribution in [3.63, 3.8) is 0 Å². The van der Waals surface area contributed by atoms with Gasteiger partial charge in [0.05, 0.1) is 5.56 Å². The second-order valence-corrected chi connectivity index (χ2v) is 3.31. The van der Waals surface area contributed by atoms with Crippen molar-refractivity contribution >= 4 is 12.6 Å². The maximum atomic E-state index is 8.65. The highest BCUT2D eigenvalue weighted by atomic mass is 16.5. The molecule has 2 rings (SSSR count). The number of hydrogen-bond donors (Lipinski definition) is 2. The number of aromatic nitrogens is 1. The van der Waals surface area contributed by atoms with Gasteiger partial charge in [-0.25, -0.2) is 0 Å². The molecule has 1 fully saturated rings. The minimum Gasteiger partial charge on any atom is -0.423 e. The molecule has 2 N–H and O–H groups in total. The molecule has 2 heterocycles. The van der Waals surface area contributed by atoms with Crippen LogP contribution in [0.2, 0.25) is 0 Å². The Balaban J connectivity index is 0.000000212. The first-order valence-corrected chi connectivity index (χ1v) is 5.03. The van der Waals surface area contributed by atoms with Crippen LogP contribution in [0.25, 0.3) is 0 Å². The SMILES string of the molecule is C1CCOC1.N#Cc1cncc(B(O)O)c1. The monoisotopic (exact) mass is 220 g/mol. The Kier molecular flexibility index (Phi) is 5.50. The molecule has 0 bridgehead atoms. The van der Waals surface area contributed by atoms with Gasteiger partial charge in [-0.1, -0.05) is 0 Å². The van der Waals surface area contributed by atoms with Crippen LogP contribution in [-0.4, -0.2) is 35.4 Å². The van der Waals surface area contributed by atoms with Crippen LogP contribution in [0.1, 0.15) is 18.4 Å². The first kappa shape index (κ1) is 12.7. The number of hydrogen-bond acceptors (Lipinski definition) is 5. The average Bonchev–Trinajstić information content (AvgIpc) is 2.88. The van der Waals surface area contributed by atoms with E-state index in [2.05, 4.69) is 4.98 Å². The Bertz CT molecular complexity index is 354. The van der Waals surface area contributed by atoms with Crippen LogP contribution in [0.5, 0.6) is 0 Å². The van der Waals surface area contributed by atoms with Gasteiger partial charge in [0.25, 0.3) is 0 Å². The van der Waals surface area contributed by atoms with Gasteiger partial charge in [0.1, 0.15) is 6.07 Å². The summed E-state index contributed by atoms with van der Waals surface area (Å²) in [4.78, 5) is 3.63. The van der Waals surface area contributed by atoms with E-state index in [1.54, 1.807) is 0 Å². The summed E-state index contributed by atoms with van der Waals surface area (Å²) in [5.41, 5.74) is 0.541. The molecular weight excluding hydrogens is 207 g/mol. The Labute approximate surface area is 94.5 Å². The van der Waals surface area contributed by atoms with Crippen LogP contribution in [0.4, 0.5) is 0 Å². The summed E-state index contributed by atoms with van der Waals surface area (Å²) >= 11 is 0. The molecule has 0 atom stereocenters. The van der Waals surface area contributed by atoms with Gasteiger partial charge in [-0.15, -0.1) is 0 Å². The third-order valence-electron chi connectivity index (χ3n) is 2.01. The van der Waals surface area contributed by atoms with Gasteiger partial charge in [-0.05, 0) is 18.9 Å². The fraction of sp³-hybridized carbons (Fsp3) is 0.400. The average molecular weight is 220 g/mol. The molecule has 6 heteroatoms. The zero-order valence-electron chi connectivity index (χ0n) is 8.83. The molecular formula is C10H13BN2O3. The molecule has 5 nitrogen and oxygen atoms in total. The maximum Gasteiger partial charge on any atom is 0.490 e. The van der Waals surface area contributed by atoms with Gasteiger partial charge in [0, 0.05) is 31.1 Å². The van der Waals surface area contributed by atoms with Crippen LogP contribution in [0.3, 0.4) is 0 Å². The first-order valence-electron chi connectivity index (χ1n) is 5.03. The van der Waals surface area contributed by atoms with Crippen molar-refractivity contribution in [2.24, 2.45) is 0 Å². The van der Waals surface area contributed by atoms with E-state index in [1.165, 1.54) is 31.3 Å². The molecule has 0 aromatic carbocycles. The van der Waals surface area contributed by atoms with E-state index >= 15 is 0 Å². The van der Waals surface area contributed by atoms with Gasteiger partial charge >= 0.3 is 7.12 Å². The number of ether oxygens (including phenoxy) is 1. The molecule has 16 heavy (non-hydrogen) atoms. The van der Waals surface area contributed by atoms with Crippen molar-refractivity contribution in [1.82, 2.24) is 4.98 Å². The van der Waals surface area contributed by atoms with E-state index in [9.17, 15) is 0 Å². The lowest BCUT2D eigenvalue weighted by atomic mass is 9.81. The summed E-state index contributed by atoms with van der Waals surface area (Å²) in [7, 11) is -1.56. The smallest absolute Gasteiger partial charge is 0.423 e. The van der Waals surface area contributed by atoms with Crippen LogP contribution in [0, 0.1) is 11.3 Å². The molecule has 1 saturated heterocycles. The van der Waals surface area contributed by atoms with Crippen molar-refractivity contribution < 1.29 is 14.8 Å². The van der Waals surface area contributed by atoms with Gasteiger partial charge in [-0.2, -0.15) is 5.26 Å². The van der Waals surface area contributed by atoms with E-state index in [4.69, 9.17) is 20.0 Å². The van der Waals surface area contributed by atoms with Crippen molar-refractivity contribution in [2.45, 2.75) is 12.8 Å². The van der Waals surface area contributed by atoms with E-state index < -0.39 is 7.12 Å². The molecule has 0 amide bonds. The third kappa shape index (κ3) is 4.40. The zero-order chi connectivity index (χ0) is 11.8. The van der Waals surface area contributed by atoms with Crippen LogP contribution >= 0.6 is 0 Å². The fourth-order valence-corrected chi connectivity index (χ4v) is 1.17. The Hall–Kier alpha value is -1.42. The van der Waals surface area contributed by atoms with Crippen molar-refractivity contribution in [3.8, 4) is 6.07 Å². The summed E-state index contributed by atoms with van der Waals surface area (Å²) in [5, 5.41) is 25.7. The van der Waals surface area contributed by atoms with Crippen LogP contribution < -0.4 is 5.46 Å². The Morgan fingerprint density at radius 1 is 1.31 bits per heavy atom. The summed E-state index contributed by atoms with van der Waals surface area (Å²) in [6.07, 6.45) is 5.21. The highest BCUT2D eigenvalue weighted by molar-refractivity contribution is 6.58. The molecule has 1 aliphatic rings. The molecule has 0 spiro atoms. The van der Waals surface area contributed by atoms with Crippen molar-refractivity contribution in [1.29, 1.82) is 5.26 Å². The number of nitrogens with zero attached hydrogens (tertiary/aromatic N) is 2. The molecule has 0 saturated carbocycles. The highest BCUT2D eigenvalue weighted by Gasteiger charge is 2.10. The summed E-state index contributed by atoms with van der Waals surface area (Å²) in [5.74, 6) is 0. The van der Waals surface area contributed by atoms with Gasteiger partial charge in [0.15, 0.2) is 0 Å². The lowest BCUT2D eigenvalue weighted by Gasteiger charge is -1.96. The molecule has 0 radical (unpaired) electrons. The normalized spacial score (nSPS) is 13.6. The highest BCUT2D eigenvalue weighted by Crippen LogP contribution is 1.98. The second-order valence-electron chi connectivity index (χ2n) is 3.31. The summed E-state index contributed by atoms with van der Waals surface area (Å²) in [6, 6.07) is 3.21. The van der Waals surface area contributed by atoms with E-state index in [0.29, 0.717) is 5.56 Å². The molecule has 84 valence electrons. The van der Waals surface area contributed by atoms with Gasteiger partial charge in [0.2, 0.25) is 0 Å². The molecule has 1 aromatic heterocycles. The second kappa shape index (κ2) is 6.96. The third-order valence-corrected chi connectivity index (χ3v) is 2.01. The van der Waals surface area contributed by atoms with Gasteiger partial charge < -0.3 is 14.8 Å². The fourth-order valence-electron chi connectivity index (χ4n) is 1.17. The largest absolute Gasteiger partial charge is 0.490 e. The van der Waals surface area contributed by atoms with E-state index in [0.717, 1.165) is 13.2 Å². The Morgan fingerprint density at radius 2 is 2.00 bits per heavy atom. The van der Waals surface area contributed by atoms with Gasteiger partial charge in [-0.3, -0.25) is 4.98 Å². The molecule has 1 aromatic rings. The van der Waals surface area contributed by atoms with E-state index in [1.807, 2.05) is 6.07 Å². The molecule has 0 unspecified atom stereocenters. The standard InChI is InChI=1S/C6H5BN2O2.C4H8O/c8-2-5-1-6(7(10)11)4-9-3-5;1-2-4-5-3-1/h1,3-4,10-11H;1-4H2. The summed E-state index contributed by atoms with van der Waals surface area (Å²) < 4.78 is 4.94. The number of pyridine rings is 1.